The van der Waals surface area contributed by atoms with Crippen LogP contribution < -0.4 is 14.8 Å². The molecule has 118 valence electrons. The van der Waals surface area contributed by atoms with Crippen LogP contribution in [-0.4, -0.2) is 33.0 Å². The lowest BCUT2D eigenvalue weighted by Crippen LogP contribution is -2.22. The summed E-state index contributed by atoms with van der Waals surface area (Å²) in [6, 6.07) is 6.63. The molecule has 0 bridgehead atoms. The Morgan fingerprint density at radius 2 is 2.00 bits per heavy atom. The van der Waals surface area contributed by atoms with E-state index < -0.39 is 0 Å². The maximum absolute atomic E-state index is 5.95. The van der Waals surface area contributed by atoms with Crippen molar-refractivity contribution in [3.8, 4) is 11.5 Å². The molecule has 1 aliphatic heterocycles. The molecule has 0 aromatic heterocycles. The van der Waals surface area contributed by atoms with Gasteiger partial charge in [-0.25, -0.2) is 0 Å². The van der Waals surface area contributed by atoms with Gasteiger partial charge in [-0.15, -0.1) is 0 Å². The highest BCUT2D eigenvalue weighted by Gasteiger charge is 2.15. The van der Waals surface area contributed by atoms with Gasteiger partial charge in [0.1, 0.15) is 0 Å². The Balaban J connectivity index is 1.92. The van der Waals surface area contributed by atoms with Crippen LogP contribution in [0.25, 0.3) is 0 Å². The molecule has 0 unspecified atom stereocenters. The molecule has 1 heterocycles. The van der Waals surface area contributed by atoms with E-state index in [1.807, 2.05) is 6.07 Å². The average molecular weight is 293 g/mol. The quantitative estimate of drug-likeness (QED) is 0.839. The van der Waals surface area contributed by atoms with Crippen molar-refractivity contribution < 1.29 is 14.2 Å². The van der Waals surface area contributed by atoms with E-state index >= 15 is 0 Å². The number of ether oxygens (including phenoxy) is 3. The third-order valence-electron chi connectivity index (χ3n) is 3.76. The first-order valence-electron chi connectivity index (χ1n) is 7.80. The summed E-state index contributed by atoms with van der Waals surface area (Å²) in [6.07, 6.45) is 2.16. The highest BCUT2D eigenvalue weighted by Crippen LogP contribution is 2.29. The first kappa shape index (κ1) is 16.1. The molecule has 2 rings (SSSR count). The zero-order valence-electron chi connectivity index (χ0n) is 13.4. The van der Waals surface area contributed by atoms with Gasteiger partial charge in [0.05, 0.1) is 13.7 Å². The van der Waals surface area contributed by atoms with Gasteiger partial charge in [0.15, 0.2) is 11.5 Å². The van der Waals surface area contributed by atoms with Crippen LogP contribution in [0.4, 0.5) is 0 Å². The van der Waals surface area contributed by atoms with Crippen LogP contribution in [0.2, 0.25) is 0 Å². The summed E-state index contributed by atoms with van der Waals surface area (Å²) in [5.41, 5.74) is 1.21. The van der Waals surface area contributed by atoms with Crippen molar-refractivity contribution in [1.29, 1.82) is 0 Å². The second kappa shape index (κ2) is 8.25. The van der Waals surface area contributed by atoms with Gasteiger partial charge in [0.25, 0.3) is 0 Å². The zero-order chi connectivity index (χ0) is 15.1. The van der Waals surface area contributed by atoms with Gasteiger partial charge in [-0.2, -0.15) is 0 Å². The fraction of sp³-hybridized carbons (Fsp3) is 0.647. The molecular formula is C17H27NO3. The van der Waals surface area contributed by atoms with Crippen LogP contribution in [0, 0.1) is 5.92 Å². The fourth-order valence-electron chi connectivity index (χ4n) is 2.38. The molecule has 4 heteroatoms. The first-order chi connectivity index (χ1) is 10.2. The number of rotatable bonds is 7. The van der Waals surface area contributed by atoms with Crippen molar-refractivity contribution in [2.24, 2.45) is 5.92 Å². The van der Waals surface area contributed by atoms with Crippen molar-refractivity contribution in [3.63, 3.8) is 0 Å². The molecule has 1 saturated heterocycles. The maximum Gasteiger partial charge on any atom is 0.161 e. The van der Waals surface area contributed by atoms with E-state index in [-0.39, 0.29) is 0 Å². The Hall–Kier alpha value is -1.26. The zero-order valence-corrected chi connectivity index (χ0v) is 13.4. The summed E-state index contributed by atoms with van der Waals surface area (Å²) in [5.74, 6) is 2.23. The molecule has 1 aromatic carbocycles. The number of methoxy groups -OCH3 is 1. The summed E-state index contributed by atoms with van der Waals surface area (Å²) < 4.78 is 16.8. The first-order valence-corrected chi connectivity index (χ1v) is 7.80. The van der Waals surface area contributed by atoms with E-state index in [1.165, 1.54) is 5.56 Å². The number of nitrogens with one attached hydrogen (secondary N) is 1. The molecule has 1 aromatic rings. The predicted molar refractivity (Wildman–Crippen MR) is 84.0 cm³/mol. The molecule has 0 radical (unpaired) electrons. The Kier molecular flexibility index (Phi) is 6.33. The largest absolute Gasteiger partial charge is 0.493 e. The number of benzene rings is 1. The molecule has 0 spiro atoms. The lowest BCUT2D eigenvalue weighted by Gasteiger charge is -2.22. The average Bonchev–Trinajstić information content (AvgIpc) is 2.52. The maximum atomic E-state index is 5.95. The summed E-state index contributed by atoms with van der Waals surface area (Å²) in [7, 11) is 1.69. The van der Waals surface area contributed by atoms with Crippen molar-refractivity contribution in [2.75, 3.05) is 26.9 Å². The summed E-state index contributed by atoms with van der Waals surface area (Å²) >= 11 is 0. The number of hydrogen-bond acceptors (Lipinski definition) is 4. The molecule has 0 atom stereocenters. The molecule has 0 saturated carbocycles. The van der Waals surface area contributed by atoms with Crippen LogP contribution in [-0.2, 0) is 11.3 Å². The SMILES string of the molecule is COc1cc(CNC(C)C)ccc1OCC1CCOCC1. The monoisotopic (exact) mass is 293 g/mol. The van der Waals surface area contributed by atoms with Crippen LogP contribution in [0.15, 0.2) is 18.2 Å². The smallest absolute Gasteiger partial charge is 0.161 e. The molecule has 21 heavy (non-hydrogen) atoms. The molecule has 1 N–H and O–H groups in total. The van der Waals surface area contributed by atoms with Crippen LogP contribution in [0.1, 0.15) is 32.3 Å². The van der Waals surface area contributed by atoms with Gasteiger partial charge in [-0.3, -0.25) is 0 Å². The molecular weight excluding hydrogens is 266 g/mol. The summed E-state index contributed by atoms with van der Waals surface area (Å²) in [4.78, 5) is 0. The predicted octanol–water partition coefficient (Wildman–Crippen LogP) is 3.00. The topological polar surface area (TPSA) is 39.7 Å². The summed E-state index contributed by atoms with van der Waals surface area (Å²) in [5, 5.41) is 3.41. The van der Waals surface area contributed by atoms with Crippen LogP contribution in [0.3, 0.4) is 0 Å². The van der Waals surface area contributed by atoms with Crippen molar-refractivity contribution >= 4 is 0 Å². The standard InChI is InChI=1S/C17H27NO3/c1-13(2)18-11-15-4-5-16(17(10-15)19-3)21-12-14-6-8-20-9-7-14/h4-5,10,13-14,18H,6-9,11-12H2,1-3H3. The summed E-state index contributed by atoms with van der Waals surface area (Å²) in [6.45, 7) is 7.57. The van der Waals surface area contributed by atoms with E-state index in [4.69, 9.17) is 14.2 Å². The van der Waals surface area contributed by atoms with Crippen molar-refractivity contribution in [1.82, 2.24) is 5.32 Å². The van der Waals surface area contributed by atoms with E-state index in [1.54, 1.807) is 7.11 Å². The Labute approximate surface area is 127 Å². The minimum Gasteiger partial charge on any atom is -0.493 e. The molecule has 1 aliphatic rings. The van der Waals surface area contributed by atoms with Gasteiger partial charge in [0.2, 0.25) is 0 Å². The van der Waals surface area contributed by atoms with E-state index in [0.717, 1.165) is 50.7 Å². The number of hydrogen-bond donors (Lipinski definition) is 1. The van der Waals surface area contributed by atoms with Gasteiger partial charge < -0.3 is 19.5 Å². The van der Waals surface area contributed by atoms with Crippen molar-refractivity contribution in [2.45, 2.75) is 39.3 Å². The van der Waals surface area contributed by atoms with Crippen LogP contribution in [0.5, 0.6) is 11.5 Å². The second-order valence-electron chi connectivity index (χ2n) is 5.89. The second-order valence-corrected chi connectivity index (χ2v) is 5.89. The Morgan fingerprint density at radius 3 is 2.67 bits per heavy atom. The van der Waals surface area contributed by atoms with Gasteiger partial charge >= 0.3 is 0 Å². The highest BCUT2D eigenvalue weighted by molar-refractivity contribution is 5.43. The van der Waals surface area contributed by atoms with Crippen LogP contribution >= 0.6 is 0 Å². The van der Waals surface area contributed by atoms with Gasteiger partial charge in [-0.05, 0) is 36.5 Å². The molecule has 0 aliphatic carbocycles. The Bertz CT molecular complexity index is 428. The van der Waals surface area contributed by atoms with Crippen molar-refractivity contribution in [3.05, 3.63) is 23.8 Å². The van der Waals surface area contributed by atoms with E-state index in [0.29, 0.717) is 12.0 Å². The van der Waals surface area contributed by atoms with E-state index in [2.05, 4.69) is 31.3 Å². The van der Waals surface area contributed by atoms with Gasteiger partial charge in [-0.1, -0.05) is 19.9 Å². The minimum atomic E-state index is 0.473. The molecule has 4 nitrogen and oxygen atoms in total. The lowest BCUT2D eigenvalue weighted by molar-refractivity contribution is 0.0493. The lowest BCUT2D eigenvalue weighted by atomic mass is 10.0. The Morgan fingerprint density at radius 1 is 1.24 bits per heavy atom. The third-order valence-corrected chi connectivity index (χ3v) is 3.76. The van der Waals surface area contributed by atoms with E-state index in [9.17, 15) is 0 Å². The fourth-order valence-corrected chi connectivity index (χ4v) is 2.38. The molecule has 1 fully saturated rings. The molecule has 0 amide bonds. The normalized spacial score (nSPS) is 16.2. The highest BCUT2D eigenvalue weighted by atomic mass is 16.5. The van der Waals surface area contributed by atoms with Gasteiger partial charge in [0, 0.05) is 25.8 Å². The minimum absolute atomic E-state index is 0.473. The third kappa shape index (κ3) is 5.21.